The molecule has 2 heterocycles. The molecule has 0 aliphatic rings. The molecule has 0 fully saturated rings. The Morgan fingerprint density at radius 2 is 1.54 bits per heavy atom. The maximum atomic E-state index is 13.2. The molecule has 2 amide bonds. The quantitative estimate of drug-likeness (QED) is 0.394. The van der Waals surface area contributed by atoms with Crippen molar-refractivity contribution in [2.45, 2.75) is 13.5 Å². The molecule has 0 aliphatic heterocycles. The number of benzene rings is 3. The van der Waals surface area contributed by atoms with Crippen LogP contribution >= 0.6 is 0 Å². The Morgan fingerprint density at radius 1 is 0.886 bits per heavy atom. The summed E-state index contributed by atoms with van der Waals surface area (Å²) < 4.78 is 8.39. The van der Waals surface area contributed by atoms with Gasteiger partial charge < -0.3 is 15.4 Å². The summed E-state index contributed by atoms with van der Waals surface area (Å²) in [4.78, 5) is 41.6. The molecule has 35 heavy (non-hydrogen) atoms. The number of hydrogen-bond donors (Lipinski definition) is 2. The van der Waals surface area contributed by atoms with E-state index in [1.54, 1.807) is 54.6 Å². The molecule has 0 bridgehead atoms. The molecule has 0 radical (unpaired) electrons. The summed E-state index contributed by atoms with van der Waals surface area (Å²) in [7, 11) is 0. The van der Waals surface area contributed by atoms with E-state index >= 15 is 0 Å². The van der Waals surface area contributed by atoms with Crippen LogP contribution in [0.3, 0.4) is 0 Å². The van der Waals surface area contributed by atoms with E-state index in [-0.39, 0.29) is 24.0 Å². The number of hydrogen-bond acceptors (Lipinski definition) is 6. The Bertz CT molecular complexity index is 1610. The fraction of sp³-hybridized carbons (Fsp3) is 0.0800. The molecule has 0 saturated heterocycles. The first-order valence-electron chi connectivity index (χ1n) is 10.8. The number of aromatic nitrogens is 4. The number of fused-ring (bicyclic) bond motifs is 3. The minimum absolute atomic E-state index is 0.153. The smallest absolute Gasteiger partial charge is 0.351 e. The van der Waals surface area contributed by atoms with Crippen molar-refractivity contribution in [3.8, 4) is 11.6 Å². The van der Waals surface area contributed by atoms with Crippen LogP contribution in [0.2, 0.25) is 0 Å². The van der Waals surface area contributed by atoms with E-state index in [4.69, 9.17) is 4.74 Å². The van der Waals surface area contributed by atoms with Gasteiger partial charge in [0.2, 0.25) is 17.5 Å². The molecular weight excluding hydrogens is 448 g/mol. The summed E-state index contributed by atoms with van der Waals surface area (Å²) in [5.41, 5.74) is 1.93. The third kappa shape index (κ3) is 4.58. The lowest BCUT2D eigenvalue weighted by molar-refractivity contribution is -0.117. The van der Waals surface area contributed by atoms with Crippen molar-refractivity contribution < 1.29 is 14.3 Å². The zero-order chi connectivity index (χ0) is 24.4. The van der Waals surface area contributed by atoms with Crippen LogP contribution in [0.25, 0.3) is 16.7 Å². The van der Waals surface area contributed by atoms with Crippen LogP contribution in [0, 0.1) is 0 Å². The van der Waals surface area contributed by atoms with Gasteiger partial charge in [-0.2, -0.15) is 0 Å². The highest BCUT2D eigenvalue weighted by Crippen LogP contribution is 2.25. The van der Waals surface area contributed by atoms with Crippen LogP contribution in [0.4, 0.5) is 11.4 Å². The lowest BCUT2D eigenvalue weighted by Gasteiger charge is -2.07. The normalized spacial score (nSPS) is 10.9. The van der Waals surface area contributed by atoms with Gasteiger partial charge in [0.15, 0.2) is 0 Å². The fourth-order valence-corrected chi connectivity index (χ4v) is 3.62. The molecule has 2 aromatic heterocycles. The molecule has 0 spiro atoms. The molecule has 5 rings (SSSR count). The minimum Gasteiger partial charge on any atom is -0.436 e. The largest absolute Gasteiger partial charge is 0.436 e. The van der Waals surface area contributed by atoms with Gasteiger partial charge in [-0.25, -0.2) is 18.9 Å². The topological polar surface area (TPSA) is 120 Å². The van der Waals surface area contributed by atoms with E-state index < -0.39 is 11.6 Å². The summed E-state index contributed by atoms with van der Waals surface area (Å²) in [5, 5.41) is 9.74. The predicted octanol–water partition coefficient (Wildman–Crippen LogP) is 3.43. The summed E-state index contributed by atoms with van der Waals surface area (Å²) in [6, 6.07) is 22.8. The average Bonchev–Trinajstić information content (AvgIpc) is 3.17. The molecule has 3 aromatic carbocycles. The Labute approximate surface area is 198 Å². The first-order valence-corrected chi connectivity index (χ1v) is 10.8. The number of anilines is 2. The molecule has 2 N–H and O–H groups in total. The number of ether oxygens (including phenoxy) is 1. The second-order valence-corrected chi connectivity index (χ2v) is 7.73. The number of rotatable bonds is 6. The van der Waals surface area contributed by atoms with Gasteiger partial charge in [-0.15, -0.1) is 5.10 Å². The van der Waals surface area contributed by atoms with Crippen molar-refractivity contribution in [2.75, 3.05) is 10.6 Å². The number of nitrogens with one attached hydrogen (secondary N) is 2. The lowest BCUT2D eigenvalue weighted by atomic mass is 10.2. The number of para-hydroxylation sites is 3. The third-order valence-electron chi connectivity index (χ3n) is 5.12. The number of carbonyl (C=O) groups is 2. The second-order valence-electron chi connectivity index (χ2n) is 7.73. The van der Waals surface area contributed by atoms with Crippen LogP contribution in [0.1, 0.15) is 6.92 Å². The molecular formula is C25H20N6O4. The van der Waals surface area contributed by atoms with Gasteiger partial charge in [-0.05, 0) is 48.5 Å². The highest BCUT2D eigenvalue weighted by atomic mass is 16.5. The molecule has 0 atom stereocenters. The van der Waals surface area contributed by atoms with Crippen LogP contribution < -0.4 is 21.1 Å². The average molecular weight is 468 g/mol. The molecule has 0 saturated carbocycles. The minimum atomic E-state index is -0.493. The molecule has 0 aliphatic carbocycles. The molecule has 10 heteroatoms. The maximum absolute atomic E-state index is 13.2. The van der Waals surface area contributed by atoms with Crippen LogP contribution in [0.5, 0.6) is 11.6 Å². The number of carbonyl (C=O) groups excluding carboxylic acids is 2. The standard InChI is InChI=1S/C25H20N6O4/c1-16(32)26-17-11-13-18(14-12-17)27-22(33)15-30-25(34)31-21-10-6-5-9-20(21)28-24(23(31)29-30)35-19-7-3-2-4-8-19/h2-14H,15H2,1H3,(H,26,32)(H,27,33). The molecule has 10 nitrogen and oxygen atoms in total. The van der Waals surface area contributed by atoms with Crippen molar-refractivity contribution in [1.82, 2.24) is 19.2 Å². The van der Waals surface area contributed by atoms with Gasteiger partial charge in [0.05, 0.1) is 11.0 Å². The predicted molar refractivity (Wildman–Crippen MR) is 131 cm³/mol. The lowest BCUT2D eigenvalue weighted by Crippen LogP contribution is -2.28. The van der Waals surface area contributed by atoms with E-state index in [2.05, 4.69) is 20.7 Å². The molecule has 0 unspecified atom stereocenters. The Hall–Kier alpha value is -4.99. The van der Waals surface area contributed by atoms with Gasteiger partial charge in [-0.1, -0.05) is 30.3 Å². The molecule has 5 aromatic rings. The van der Waals surface area contributed by atoms with Crippen molar-refractivity contribution in [2.24, 2.45) is 0 Å². The SMILES string of the molecule is CC(=O)Nc1ccc(NC(=O)Cn2nc3c(Oc4ccccc4)nc4ccccc4n3c2=O)cc1. The summed E-state index contributed by atoms with van der Waals surface area (Å²) in [6.45, 7) is 1.10. The summed E-state index contributed by atoms with van der Waals surface area (Å²) >= 11 is 0. The van der Waals surface area contributed by atoms with Crippen LogP contribution in [-0.2, 0) is 16.1 Å². The van der Waals surface area contributed by atoms with E-state index in [1.165, 1.54) is 11.3 Å². The van der Waals surface area contributed by atoms with Crippen LogP contribution in [0.15, 0.2) is 83.7 Å². The maximum Gasteiger partial charge on any atom is 0.351 e. The van der Waals surface area contributed by atoms with Gasteiger partial charge in [0.1, 0.15) is 12.3 Å². The number of amides is 2. The summed E-state index contributed by atoms with van der Waals surface area (Å²) in [5.74, 6) is 0.0653. The first-order chi connectivity index (χ1) is 17.0. The van der Waals surface area contributed by atoms with E-state index in [9.17, 15) is 14.4 Å². The van der Waals surface area contributed by atoms with Crippen molar-refractivity contribution in [1.29, 1.82) is 0 Å². The van der Waals surface area contributed by atoms with Gasteiger partial charge in [-0.3, -0.25) is 9.59 Å². The highest BCUT2D eigenvalue weighted by molar-refractivity contribution is 5.92. The highest BCUT2D eigenvalue weighted by Gasteiger charge is 2.19. The van der Waals surface area contributed by atoms with E-state index in [0.717, 1.165) is 4.68 Å². The first kappa shape index (κ1) is 21.8. The Morgan fingerprint density at radius 3 is 2.26 bits per heavy atom. The van der Waals surface area contributed by atoms with Gasteiger partial charge in [0.25, 0.3) is 5.88 Å². The van der Waals surface area contributed by atoms with Crippen LogP contribution in [-0.4, -0.2) is 31.0 Å². The zero-order valence-corrected chi connectivity index (χ0v) is 18.6. The Kier molecular flexibility index (Phi) is 5.68. The monoisotopic (exact) mass is 468 g/mol. The third-order valence-corrected chi connectivity index (χ3v) is 5.12. The van der Waals surface area contributed by atoms with Crippen molar-refractivity contribution >= 4 is 39.9 Å². The van der Waals surface area contributed by atoms with E-state index in [1.807, 2.05) is 24.3 Å². The fourth-order valence-electron chi connectivity index (χ4n) is 3.62. The molecule has 174 valence electrons. The van der Waals surface area contributed by atoms with Crippen molar-refractivity contribution in [3.05, 3.63) is 89.3 Å². The Balaban J connectivity index is 1.46. The van der Waals surface area contributed by atoms with Gasteiger partial charge in [0, 0.05) is 18.3 Å². The van der Waals surface area contributed by atoms with Gasteiger partial charge >= 0.3 is 5.69 Å². The summed E-state index contributed by atoms with van der Waals surface area (Å²) in [6.07, 6.45) is 0. The van der Waals surface area contributed by atoms with Crippen molar-refractivity contribution in [3.63, 3.8) is 0 Å². The second kappa shape index (κ2) is 9.10. The number of nitrogens with zero attached hydrogens (tertiary/aromatic N) is 4. The zero-order valence-electron chi connectivity index (χ0n) is 18.6. The van der Waals surface area contributed by atoms with E-state index in [0.29, 0.717) is 28.2 Å².